The highest BCUT2D eigenvalue weighted by molar-refractivity contribution is 5.65. The summed E-state index contributed by atoms with van der Waals surface area (Å²) in [5, 5.41) is 9.07. The fourth-order valence-electron chi connectivity index (χ4n) is 1.96. The van der Waals surface area contributed by atoms with E-state index < -0.39 is 17.5 Å². The molecule has 0 unspecified atom stereocenters. The molecule has 0 aromatic heterocycles. The van der Waals surface area contributed by atoms with Gasteiger partial charge >= 0.3 is 6.09 Å². The Bertz CT molecular complexity index is 459. The lowest BCUT2D eigenvalue weighted by molar-refractivity contribution is 0.0671. The summed E-state index contributed by atoms with van der Waals surface area (Å²) in [5.74, 6) is 0.151. The van der Waals surface area contributed by atoms with Crippen LogP contribution in [0.2, 0.25) is 0 Å². The standard InChI is InChI=1S/C12H14FNO3/c1-12(2)7-14(11(15)16)6-8-5-9(13)3-4-10(8)17-12/h3-5H,6-7H2,1-2H3,(H,15,16). The number of nitrogens with zero attached hydrogens (tertiary/aromatic N) is 1. The average Bonchev–Trinajstić information content (AvgIpc) is 2.32. The SMILES string of the molecule is CC1(C)CN(C(=O)O)Cc2cc(F)ccc2O1. The predicted octanol–water partition coefficient (Wildman–Crippen LogP) is 2.48. The summed E-state index contributed by atoms with van der Waals surface area (Å²) in [6.07, 6.45) is -1.03. The molecule has 4 nitrogen and oxygen atoms in total. The number of amides is 1. The molecule has 17 heavy (non-hydrogen) atoms. The van der Waals surface area contributed by atoms with Crippen LogP contribution in [0.1, 0.15) is 19.4 Å². The minimum absolute atomic E-state index is 0.145. The van der Waals surface area contributed by atoms with Crippen molar-refractivity contribution in [2.75, 3.05) is 6.54 Å². The lowest BCUT2D eigenvalue weighted by Gasteiger charge is -2.27. The molecule has 1 aromatic rings. The first-order valence-electron chi connectivity index (χ1n) is 5.33. The molecule has 0 fully saturated rings. The van der Waals surface area contributed by atoms with Crippen LogP contribution in [0.4, 0.5) is 9.18 Å². The largest absolute Gasteiger partial charge is 0.486 e. The molecule has 1 aliphatic heterocycles. The summed E-state index contributed by atoms with van der Waals surface area (Å²) in [6.45, 7) is 4.01. The molecule has 92 valence electrons. The Hall–Kier alpha value is -1.78. The minimum atomic E-state index is -1.03. The number of ether oxygens (including phenoxy) is 1. The number of rotatable bonds is 0. The van der Waals surface area contributed by atoms with Crippen molar-refractivity contribution in [1.29, 1.82) is 0 Å². The molecule has 1 amide bonds. The van der Waals surface area contributed by atoms with Gasteiger partial charge in [0.05, 0.1) is 13.1 Å². The lowest BCUT2D eigenvalue weighted by Crippen LogP contribution is -2.42. The van der Waals surface area contributed by atoms with Crippen LogP contribution in [0, 0.1) is 5.82 Å². The van der Waals surface area contributed by atoms with Crippen molar-refractivity contribution in [2.24, 2.45) is 0 Å². The van der Waals surface area contributed by atoms with Gasteiger partial charge in [-0.25, -0.2) is 9.18 Å². The Morgan fingerprint density at radius 3 is 2.88 bits per heavy atom. The predicted molar refractivity (Wildman–Crippen MR) is 59.5 cm³/mol. The van der Waals surface area contributed by atoms with Crippen molar-refractivity contribution in [3.05, 3.63) is 29.6 Å². The zero-order valence-corrected chi connectivity index (χ0v) is 9.74. The van der Waals surface area contributed by atoms with E-state index in [-0.39, 0.29) is 13.1 Å². The number of carbonyl (C=O) groups is 1. The van der Waals surface area contributed by atoms with Gasteiger partial charge in [-0.05, 0) is 32.0 Å². The molecule has 0 saturated carbocycles. The van der Waals surface area contributed by atoms with Crippen molar-refractivity contribution in [1.82, 2.24) is 4.90 Å². The van der Waals surface area contributed by atoms with E-state index in [1.54, 1.807) is 13.8 Å². The van der Waals surface area contributed by atoms with E-state index in [2.05, 4.69) is 0 Å². The maximum absolute atomic E-state index is 13.1. The fourth-order valence-corrected chi connectivity index (χ4v) is 1.96. The molecular formula is C12H14FNO3. The third-order valence-electron chi connectivity index (χ3n) is 2.61. The first-order valence-corrected chi connectivity index (χ1v) is 5.33. The van der Waals surface area contributed by atoms with Crippen LogP contribution in [0.5, 0.6) is 5.75 Å². The van der Waals surface area contributed by atoms with Gasteiger partial charge in [0.15, 0.2) is 0 Å². The van der Waals surface area contributed by atoms with Crippen LogP contribution in [0.3, 0.4) is 0 Å². The fraction of sp³-hybridized carbons (Fsp3) is 0.417. The zero-order valence-electron chi connectivity index (χ0n) is 9.74. The van der Waals surface area contributed by atoms with E-state index in [0.29, 0.717) is 11.3 Å². The monoisotopic (exact) mass is 239 g/mol. The number of fused-ring (bicyclic) bond motifs is 1. The average molecular weight is 239 g/mol. The van der Waals surface area contributed by atoms with Crippen molar-refractivity contribution < 1.29 is 19.0 Å². The third-order valence-corrected chi connectivity index (χ3v) is 2.61. The van der Waals surface area contributed by atoms with Crippen LogP contribution in [-0.2, 0) is 6.54 Å². The minimum Gasteiger partial charge on any atom is -0.486 e. The molecule has 1 aromatic carbocycles. The molecule has 1 heterocycles. The molecule has 5 heteroatoms. The highest BCUT2D eigenvalue weighted by Gasteiger charge is 2.31. The summed E-state index contributed by atoms with van der Waals surface area (Å²) in [5.41, 5.74) is -0.0699. The van der Waals surface area contributed by atoms with Gasteiger partial charge in [-0.3, -0.25) is 4.90 Å². The lowest BCUT2D eigenvalue weighted by atomic mass is 10.1. The van der Waals surface area contributed by atoms with Gasteiger partial charge in [0.25, 0.3) is 0 Å². The number of hydrogen-bond acceptors (Lipinski definition) is 2. The molecule has 0 aliphatic carbocycles. The van der Waals surface area contributed by atoms with E-state index in [4.69, 9.17) is 9.84 Å². The maximum Gasteiger partial charge on any atom is 0.407 e. The van der Waals surface area contributed by atoms with Crippen molar-refractivity contribution in [3.8, 4) is 5.75 Å². The maximum atomic E-state index is 13.1. The van der Waals surface area contributed by atoms with E-state index in [9.17, 15) is 9.18 Å². The molecule has 0 spiro atoms. The first-order chi connectivity index (χ1) is 7.87. The van der Waals surface area contributed by atoms with Gasteiger partial charge in [0.2, 0.25) is 0 Å². The van der Waals surface area contributed by atoms with Gasteiger partial charge in [0, 0.05) is 5.56 Å². The molecule has 1 aliphatic rings. The first kappa shape index (κ1) is 11.7. The van der Waals surface area contributed by atoms with Crippen molar-refractivity contribution >= 4 is 6.09 Å². The summed E-state index contributed by atoms with van der Waals surface area (Å²) >= 11 is 0. The highest BCUT2D eigenvalue weighted by Crippen LogP contribution is 2.29. The molecular weight excluding hydrogens is 225 g/mol. The Balaban J connectivity index is 2.42. The van der Waals surface area contributed by atoms with Crippen molar-refractivity contribution in [3.63, 3.8) is 0 Å². The number of halogens is 1. The summed E-state index contributed by atoms with van der Waals surface area (Å²) in [7, 11) is 0. The molecule has 0 bridgehead atoms. The van der Waals surface area contributed by atoms with E-state index in [1.807, 2.05) is 0 Å². The normalized spacial score (nSPS) is 17.9. The van der Waals surface area contributed by atoms with Gasteiger partial charge in [-0.2, -0.15) is 0 Å². The molecule has 1 N–H and O–H groups in total. The van der Waals surface area contributed by atoms with Crippen LogP contribution in [0.15, 0.2) is 18.2 Å². The third kappa shape index (κ3) is 2.49. The number of hydrogen-bond donors (Lipinski definition) is 1. The van der Waals surface area contributed by atoms with E-state index in [1.165, 1.54) is 23.1 Å². The second-order valence-electron chi connectivity index (χ2n) is 4.75. The summed E-state index contributed by atoms with van der Waals surface area (Å²) in [6, 6.07) is 4.16. The number of benzene rings is 1. The molecule has 0 radical (unpaired) electrons. The Morgan fingerprint density at radius 2 is 2.24 bits per heavy atom. The Morgan fingerprint density at radius 1 is 1.53 bits per heavy atom. The van der Waals surface area contributed by atoms with Gasteiger partial charge < -0.3 is 9.84 Å². The topological polar surface area (TPSA) is 49.8 Å². The van der Waals surface area contributed by atoms with Crippen LogP contribution in [-0.4, -0.2) is 28.2 Å². The van der Waals surface area contributed by atoms with Crippen molar-refractivity contribution in [2.45, 2.75) is 26.0 Å². The van der Waals surface area contributed by atoms with Gasteiger partial charge in [-0.15, -0.1) is 0 Å². The smallest absolute Gasteiger partial charge is 0.407 e. The zero-order chi connectivity index (χ0) is 12.6. The van der Waals surface area contributed by atoms with Gasteiger partial charge in [0.1, 0.15) is 17.2 Å². The van der Waals surface area contributed by atoms with Crippen LogP contribution < -0.4 is 4.74 Å². The summed E-state index contributed by atoms with van der Waals surface area (Å²) in [4.78, 5) is 12.3. The van der Waals surface area contributed by atoms with E-state index in [0.717, 1.165) is 0 Å². The second-order valence-corrected chi connectivity index (χ2v) is 4.75. The van der Waals surface area contributed by atoms with E-state index >= 15 is 0 Å². The van der Waals surface area contributed by atoms with Crippen LogP contribution >= 0.6 is 0 Å². The van der Waals surface area contributed by atoms with Gasteiger partial charge in [-0.1, -0.05) is 0 Å². The molecule has 2 rings (SSSR count). The molecule has 0 saturated heterocycles. The Kier molecular flexibility index (Phi) is 2.69. The Labute approximate surface area is 98.6 Å². The second kappa shape index (κ2) is 3.91. The highest BCUT2D eigenvalue weighted by atomic mass is 19.1. The molecule has 0 atom stereocenters. The van der Waals surface area contributed by atoms with Crippen LogP contribution in [0.25, 0.3) is 0 Å². The quantitative estimate of drug-likeness (QED) is 0.756. The summed E-state index contributed by atoms with van der Waals surface area (Å²) < 4.78 is 18.8. The number of carboxylic acid groups (broad SMARTS) is 1.